The molecule has 0 atom stereocenters. The van der Waals surface area contributed by atoms with Crippen LogP contribution in [-0.2, 0) is 0 Å². The van der Waals surface area contributed by atoms with E-state index in [1.807, 2.05) is 0 Å². The van der Waals surface area contributed by atoms with Crippen molar-refractivity contribution in [1.82, 2.24) is 0 Å². The molecule has 12 heavy (non-hydrogen) atoms. The van der Waals surface area contributed by atoms with Crippen LogP contribution in [0.2, 0.25) is 0 Å². The van der Waals surface area contributed by atoms with Gasteiger partial charge in [-0.3, -0.25) is 0 Å². The number of hydrogen-bond acceptors (Lipinski definition) is 4. The van der Waals surface area contributed by atoms with Crippen molar-refractivity contribution in [2.45, 2.75) is 0 Å². The van der Waals surface area contributed by atoms with E-state index in [0.717, 1.165) is 0 Å². The number of nitrogens with one attached hydrogen (secondary N) is 2. The topological polar surface area (TPSA) is 67.3 Å². The molecule has 0 heterocycles. The largest absolute Gasteiger partial charge is 1.00 e. The van der Waals surface area contributed by atoms with Crippen molar-refractivity contribution < 1.29 is 56.5 Å². The summed E-state index contributed by atoms with van der Waals surface area (Å²) in [6, 6.07) is 4.48. The van der Waals surface area contributed by atoms with Crippen LogP contribution in [0, 0.1) is 5.21 Å². The predicted octanol–water partition coefficient (Wildman–Crippen LogP) is -1.65. The monoisotopic (exact) mass is 192 g/mol. The van der Waals surface area contributed by atoms with Gasteiger partial charge in [0, 0.05) is 12.7 Å². The molecule has 0 aromatic heterocycles. The Morgan fingerprint density at radius 1 is 1.42 bits per heavy atom. The molecule has 0 fully saturated rings. The zero-order chi connectivity index (χ0) is 8.27. The maximum atomic E-state index is 10.2. The Labute approximate surface area is 113 Å². The van der Waals surface area contributed by atoms with Crippen LogP contribution in [0.5, 0.6) is 5.75 Å². The molecule has 0 unspecified atom stereocenters. The number of anilines is 2. The fourth-order valence-corrected chi connectivity index (χ4v) is 0.800. The zero-order valence-corrected chi connectivity index (χ0v) is 10.2. The fraction of sp³-hybridized carbons (Fsp3) is 0.143. The molecule has 0 saturated carbocycles. The molecule has 0 aliphatic carbocycles. The van der Waals surface area contributed by atoms with Crippen LogP contribution >= 0.6 is 0 Å². The van der Waals surface area contributed by atoms with Crippen molar-refractivity contribution in [2.75, 3.05) is 17.8 Å². The van der Waals surface area contributed by atoms with Gasteiger partial charge >= 0.3 is 51.4 Å². The van der Waals surface area contributed by atoms with Gasteiger partial charge in [-0.15, -0.1) is 0 Å². The van der Waals surface area contributed by atoms with E-state index in [1.54, 1.807) is 12.5 Å². The van der Waals surface area contributed by atoms with Gasteiger partial charge in [-0.1, -0.05) is 0 Å². The molecule has 0 aliphatic rings. The molecule has 0 spiro atoms. The fourth-order valence-electron chi connectivity index (χ4n) is 0.800. The Balaban J connectivity index is 0.00000121. The summed E-state index contributed by atoms with van der Waals surface area (Å²) < 4.78 is 0. The van der Waals surface area contributed by atoms with Crippen LogP contribution in [0.15, 0.2) is 18.2 Å². The average Bonchev–Trinajstić information content (AvgIpc) is 2.05. The standard InChI is InChI=1S/C7H9N2O2.K/c1-8-6-4-5(9-11)2-3-7(6)10;/h2-4,8-10H,1H3;/q-1;+1. The molecule has 5 heteroatoms. The van der Waals surface area contributed by atoms with Crippen molar-refractivity contribution in [3.63, 3.8) is 0 Å². The molecule has 1 aromatic rings. The molecular weight excluding hydrogens is 183 g/mol. The molecule has 0 bridgehead atoms. The molecule has 3 N–H and O–H groups in total. The first-order chi connectivity index (χ1) is 5.27. The second-order valence-corrected chi connectivity index (χ2v) is 2.08. The van der Waals surface area contributed by atoms with Crippen molar-refractivity contribution in [2.24, 2.45) is 0 Å². The third-order valence-corrected chi connectivity index (χ3v) is 1.38. The van der Waals surface area contributed by atoms with Gasteiger partial charge < -0.3 is 21.1 Å². The summed E-state index contributed by atoms with van der Waals surface area (Å²) in [6.07, 6.45) is 0. The number of benzene rings is 1. The Bertz CT molecular complexity index is 255. The second kappa shape index (κ2) is 5.79. The van der Waals surface area contributed by atoms with Crippen LogP contribution in [-0.4, -0.2) is 12.2 Å². The Morgan fingerprint density at radius 2 is 2.08 bits per heavy atom. The van der Waals surface area contributed by atoms with Gasteiger partial charge in [0.15, 0.2) is 0 Å². The molecular formula is C7H9KN2O2. The van der Waals surface area contributed by atoms with E-state index < -0.39 is 0 Å². The Morgan fingerprint density at radius 3 is 2.58 bits per heavy atom. The molecule has 0 radical (unpaired) electrons. The van der Waals surface area contributed by atoms with E-state index in [9.17, 15) is 5.21 Å². The van der Waals surface area contributed by atoms with Crippen LogP contribution < -0.4 is 62.2 Å². The third kappa shape index (κ3) is 2.93. The summed E-state index contributed by atoms with van der Waals surface area (Å²) in [5.74, 6) is 0.131. The Hall–Kier alpha value is 0.216. The number of hydrogen-bond donors (Lipinski definition) is 3. The van der Waals surface area contributed by atoms with Crippen molar-refractivity contribution in [1.29, 1.82) is 0 Å². The van der Waals surface area contributed by atoms with E-state index in [-0.39, 0.29) is 57.1 Å². The first kappa shape index (κ1) is 12.2. The number of phenolic OH excluding ortho intramolecular Hbond substituents is 1. The summed E-state index contributed by atoms with van der Waals surface area (Å²) >= 11 is 0. The minimum atomic E-state index is 0. The maximum Gasteiger partial charge on any atom is 1.00 e. The second-order valence-electron chi connectivity index (χ2n) is 2.08. The molecule has 0 saturated heterocycles. The smallest absolute Gasteiger partial charge is 0.761 e. The normalized spacial score (nSPS) is 8.50. The van der Waals surface area contributed by atoms with E-state index in [0.29, 0.717) is 11.4 Å². The summed E-state index contributed by atoms with van der Waals surface area (Å²) in [5, 5.41) is 22.0. The molecule has 1 aromatic carbocycles. The SMILES string of the molecule is CNc1cc(N[O-])ccc1O.[K+]. The average molecular weight is 192 g/mol. The first-order valence-electron chi connectivity index (χ1n) is 3.17. The van der Waals surface area contributed by atoms with Crippen molar-refractivity contribution >= 4 is 11.4 Å². The predicted molar refractivity (Wildman–Crippen MR) is 44.6 cm³/mol. The molecule has 4 nitrogen and oxygen atoms in total. The van der Waals surface area contributed by atoms with Gasteiger partial charge in [0.25, 0.3) is 0 Å². The van der Waals surface area contributed by atoms with Gasteiger partial charge in [-0.2, -0.15) is 0 Å². The summed E-state index contributed by atoms with van der Waals surface area (Å²) in [4.78, 5) is 0. The third-order valence-electron chi connectivity index (χ3n) is 1.38. The number of rotatable bonds is 2. The maximum absolute atomic E-state index is 10.2. The zero-order valence-electron chi connectivity index (χ0n) is 7.09. The Kier molecular flexibility index (Phi) is 5.90. The molecule has 1 rings (SSSR count). The number of aromatic hydroxyl groups is 1. The van der Waals surface area contributed by atoms with E-state index in [2.05, 4.69) is 5.32 Å². The van der Waals surface area contributed by atoms with Gasteiger partial charge in [0.2, 0.25) is 0 Å². The van der Waals surface area contributed by atoms with Gasteiger partial charge in [-0.25, -0.2) is 0 Å². The van der Waals surface area contributed by atoms with Crippen LogP contribution in [0.4, 0.5) is 11.4 Å². The minimum absolute atomic E-state index is 0. The van der Waals surface area contributed by atoms with Crippen molar-refractivity contribution in [3.8, 4) is 5.75 Å². The number of phenols is 1. The minimum Gasteiger partial charge on any atom is -0.761 e. The van der Waals surface area contributed by atoms with Crippen LogP contribution in [0.1, 0.15) is 0 Å². The molecule has 0 aliphatic heterocycles. The molecule has 0 amide bonds. The van der Waals surface area contributed by atoms with Gasteiger partial charge in [-0.05, 0) is 18.2 Å². The van der Waals surface area contributed by atoms with Crippen LogP contribution in [0.3, 0.4) is 0 Å². The van der Waals surface area contributed by atoms with Gasteiger partial charge in [0.1, 0.15) is 5.75 Å². The summed E-state index contributed by atoms with van der Waals surface area (Å²) in [6.45, 7) is 0. The van der Waals surface area contributed by atoms with Crippen molar-refractivity contribution in [3.05, 3.63) is 23.4 Å². The quantitative estimate of drug-likeness (QED) is 0.227. The van der Waals surface area contributed by atoms with E-state index in [4.69, 9.17) is 5.11 Å². The summed E-state index contributed by atoms with van der Waals surface area (Å²) in [7, 11) is 1.67. The van der Waals surface area contributed by atoms with Crippen LogP contribution in [0.25, 0.3) is 0 Å². The summed E-state index contributed by atoms with van der Waals surface area (Å²) in [5.41, 5.74) is 2.68. The van der Waals surface area contributed by atoms with Gasteiger partial charge in [0.05, 0.1) is 5.69 Å². The molecule has 60 valence electrons. The van der Waals surface area contributed by atoms with E-state index >= 15 is 0 Å². The van der Waals surface area contributed by atoms with E-state index in [1.165, 1.54) is 18.2 Å². The first-order valence-corrected chi connectivity index (χ1v) is 3.17.